The van der Waals surface area contributed by atoms with Crippen LogP contribution in [-0.4, -0.2) is 63.3 Å². The number of hydrogen-bond donors (Lipinski definition) is 2. The number of carbonyl (C=O) groups excluding carboxylic acids is 3. The first-order chi connectivity index (χ1) is 11.8. The van der Waals surface area contributed by atoms with Crippen LogP contribution in [0.15, 0.2) is 12.4 Å². The third-order valence-corrected chi connectivity index (χ3v) is 4.56. The Morgan fingerprint density at radius 3 is 2.80 bits per heavy atom. The first kappa shape index (κ1) is 17.1. The van der Waals surface area contributed by atoms with Gasteiger partial charge >= 0.3 is 6.03 Å². The summed E-state index contributed by atoms with van der Waals surface area (Å²) in [6, 6.07) is -0.724. The van der Waals surface area contributed by atoms with Gasteiger partial charge in [-0.15, -0.1) is 0 Å². The van der Waals surface area contributed by atoms with Crippen molar-refractivity contribution in [2.75, 3.05) is 25.5 Å². The molecule has 1 atom stereocenters. The normalized spacial score (nSPS) is 22.3. The van der Waals surface area contributed by atoms with Crippen molar-refractivity contribution in [2.45, 2.75) is 38.3 Å². The fourth-order valence-corrected chi connectivity index (χ4v) is 3.22. The molecule has 3 rings (SSSR count). The quantitative estimate of drug-likeness (QED) is 0.769. The molecule has 0 saturated carbocycles. The smallest absolute Gasteiger partial charge is 0.325 e. The van der Waals surface area contributed by atoms with Gasteiger partial charge in [0.15, 0.2) is 0 Å². The molecule has 2 aliphatic heterocycles. The van der Waals surface area contributed by atoms with Crippen molar-refractivity contribution in [2.24, 2.45) is 0 Å². The van der Waals surface area contributed by atoms with Gasteiger partial charge in [-0.05, 0) is 26.7 Å². The molecule has 2 saturated heterocycles. The molecule has 134 valence electrons. The highest BCUT2D eigenvalue weighted by molar-refractivity contribution is 6.08. The predicted octanol–water partition coefficient (Wildman–Crippen LogP) is 0.512. The summed E-state index contributed by atoms with van der Waals surface area (Å²) in [7, 11) is 1.75. The van der Waals surface area contributed by atoms with E-state index in [1.54, 1.807) is 38.2 Å². The average Bonchev–Trinajstić information content (AvgIpc) is 3.14. The van der Waals surface area contributed by atoms with E-state index in [9.17, 15) is 14.4 Å². The molecule has 3 heterocycles. The largest absolute Gasteiger partial charge is 0.372 e. The molecule has 0 bridgehead atoms. The molecule has 25 heavy (non-hydrogen) atoms. The summed E-state index contributed by atoms with van der Waals surface area (Å²) in [5.74, 6) is -0.0217. The van der Waals surface area contributed by atoms with Gasteiger partial charge in [-0.25, -0.2) is 9.78 Å². The Morgan fingerprint density at radius 1 is 1.40 bits per heavy atom. The zero-order valence-electron chi connectivity index (χ0n) is 14.6. The fraction of sp³-hybridized carbons (Fsp3) is 0.562. The second-order valence-corrected chi connectivity index (χ2v) is 6.77. The molecule has 9 nitrogen and oxygen atoms in total. The third kappa shape index (κ3) is 3.13. The molecule has 1 aromatic heterocycles. The van der Waals surface area contributed by atoms with Crippen molar-refractivity contribution < 1.29 is 14.4 Å². The molecule has 0 aliphatic carbocycles. The minimum atomic E-state index is -0.978. The van der Waals surface area contributed by atoms with Crippen molar-refractivity contribution in [1.29, 1.82) is 0 Å². The van der Waals surface area contributed by atoms with Crippen LogP contribution in [0.1, 0.15) is 38.4 Å². The van der Waals surface area contributed by atoms with Gasteiger partial charge in [0.2, 0.25) is 5.91 Å². The van der Waals surface area contributed by atoms with Crippen molar-refractivity contribution in [1.82, 2.24) is 25.1 Å². The monoisotopic (exact) mass is 346 g/mol. The Bertz CT molecular complexity index is 720. The molecule has 0 unspecified atom stereocenters. The summed E-state index contributed by atoms with van der Waals surface area (Å²) < 4.78 is 0. The molecule has 0 aromatic carbocycles. The molecule has 1 aromatic rings. The van der Waals surface area contributed by atoms with Crippen molar-refractivity contribution in [3.05, 3.63) is 18.1 Å². The Hall–Kier alpha value is -2.71. The van der Waals surface area contributed by atoms with Gasteiger partial charge < -0.3 is 15.5 Å². The highest BCUT2D eigenvalue weighted by Crippen LogP contribution is 2.31. The van der Waals surface area contributed by atoms with E-state index in [0.717, 1.165) is 17.7 Å². The van der Waals surface area contributed by atoms with E-state index in [0.29, 0.717) is 18.1 Å². The van der Waals surface area contributed by atoms with E-state index >= 15 is 0 Å². The topological polar surface area (TPSA) is 108 Å². The highest BCUT2D eigenvalue weighted by Gasteiger charge is 2.46. The number of likely N-dealkylation sites (tertiary alicyclic amines) is 1. The lowest BCUT2D eigenvalue weighted by atomic mass is 10.1. The number of aromatic nitrogens is 2. The van der Waals surface area contributed by atoms with Crippen molar-refractivity contribution in [3.8, 4) is 0 Å². The predicted molar refractivity (Wildman–Crippen MR) is 89.6 cm³/mol. The summed E-state index contributed by atoms with van der Waals surface area (Å²) in [6.45, 7) is 3.55. The van der Waals surface area contributed by atoms with Crippen LogP contribution < -0.4 is 10.6 Å². The molecule has 2 N–H and O–H groups in total. The number of rotatable bonds is 4. The van der Waals surface area contributed by atoms with Crippen LogP contribution >= 0.6 is 0 Å². The number of urea groups is 1. The lowest BCUT2D eigenvalue weighted by molar-refractivity contribution is -0.139. The maximum absolute atomic E-state index is 12.7. The van der Waals surface area contributed by atoms with Gasteiger partial charge in [0.25, 0.3) is 5.91 Å². The number of nitrogens with one attached hydrogen (secondary N) is 2. The molecule has 0 radical (unpaired) electrons. The number of nitrogens with zero attached hydrogens (tertiary/aromatic N) is 4. The van der Waals surface area contributed by atoms with Gasteiger partial charge in [0.05, 0.1) is 24.1 Å². The number of hydrogen-bond acceptors (Lipinski definition) is 6. The Balaban J connectivity index is 1.75. The van der Waals surface area contributed by atoms with Crippen LogP contribution in [0.4, 0.5) is 10.6 Å². The van der Waals surface area contributed by atoms with E-state index in [1.165, 1.54) is 0 Å². The molecule has 2 fully saturated rings. The van der Waals surface area contributed by atoms with E-state index in [1.807, 2.05) is 0 Å². The zero-order chi connectivity index (χ0) is 18.2. The molecule has 9 heteroatoms. The standard InChI is InChI=1S/C16H22N6O3/c1-16(2)14(24)22(15(25)20-16)9-13(23)21-6-4-5-11(21)10-7-18-8-12(17-3)19-10/h7-8,11H,4-6,9H2,1-3H3,(H,17,19)(H,20,25)/t11-/m1/s1. The van der Waals surface area contributed by atoms with Crippen LogP contribution in [-0.2, 0) is 9.59 Å². The summed E-state index contributed by atoms with van der Waals surface area (Å²) >= 11 is 0. The second kappa shape index (κ2) is 6.30. The van der Waals surface area contributed by atoms with Crippen LogP contribution in [0.5, 0.6) is 0 Å². The third-order valence-electron chi connectivity index (χ3n) is 4.56. The van der Waals surface area contributed by atoms with E-state index in [-0.39, 0.29) is 18.5 Å². The maximum atomic E-state index is 12.7. The lowest BCUT2D eigenvalue weighted by Crippen LogP contribution is -2.44. The SMILES string of the molecule is CNc1cncc([C@H]2CCCN2C(=O)CN2C(=O)NC(C)(C)C2=O)n1. The van der Waals surface area contributed by atoms with Crippen LogP contribution in [0.2, 0.25) is 0 Å². The second-order valence-electron chi connectivity index (χ2n) is 6.77. The first-order valence-corrected chi connectivity index (χ1v) is 8.27. The number of imide groups is 1. The molecular formula is C16H22N6O3. The maximum Gasteiger partial charge on any atom is 0.325 e. The number of anilines is 1. The van der Waals surface area contributed by atoms with Gasteiger partial charge in [-0.3, -0.25) is 19.5 Å². The van der Waals surface area contributed by atoms with Crippen LogP contribution in [0.3, 0.4) is 0 Å². The molecule has 2 aliphatic rings. The minimum Gasteiger partial charge on any atom is -0.372 e. The van der Waals surface area contributed by atoms with Gasteiger partial charge in [0.1, 0.15) is 17.9 Å². The van der Waals surface area contributed by atoms with E-state index in [4.69, 9.17) is 0 Å². The van der Waals surface area contributed by atoms with Gasteiger partial charge in [0, 0.05) is 13.6 Å². The fourth-order valence-electron chi connectivity index (χ4n) is 3.22. The van der Waals surface area contributed by atoms with E-state index < -0.39 is 17.5 Å². The molecular weight excluding hydrogens is 324 g/mol. The Labute approximate surface area is 145 Å². The summed E-state index contributed by atoms with van der Waals surface area (Å²) in [4.78, 5) is 48.2. The number of carbonyl (C=O) groups is 3. The van der Waals surface area contributed by atoms with Crippen LogP contribution in [0, 0.1) is 0 Å². The summed E-state index contributed by atoms with van der Waals surface area (Å²) in [5, 5.41) is 5.51. The number of amides is 4. The van der Waals surface area contributed by atoms with Crippen LogP contribution in [0.25, 0.3) is 0 Å². The van der Waals surface area contributed by atoms with Crippen molar-refractivity contribution in [3.63, 3.8) is 0 Å². The van der Waals surface area contributed by atoms with Crippen molar-refractivity contribution >= 4 is 23.7 Å². The highest BCUT2D eigenvalue weighted by atomic mass is 16.2. The van der Waals surface area contributed by atoms with E-state index in [2.05, 4.69) is 20.6 Å². The average molecular weight is 346 g/mol. The lowest BCUT2D eigenvalue weighted by Gasteiger charge is -2.26. The molecule has 0 spiro atoms. The van der Waals surface area contributed by atoms with Gasteiger partial charge in [-0.2, -0.15) is 0 Å². The Kier molecular flexibility index (Phi) is 4.32. The zero-order valence-corrected chi connectivity index (χ0v) is 14.6. The van der Waals surface area contributed by atoms with Gasteiger partial charge in [-0.1, -0.05) is 0 Å². The molecule has 4 amide bonds. The summed E-state index contributed by atoms with van der Waals surface area (Å²) in [6.07, 6.45) is 4.88. The Morgan fingerprint density at radius 2 is 2.16 bits per heavy atom. The summed E-state index contributed by atoms with van der Waals surface area (Å²) in [5.41, 5.74) is -0.274. The minimum absolute atomic E-state index is 0.193. The first-order valence-electron chi connectivity index (χ1n) is 8.27.